The first kappa shape index (κ1) is 15.6. The van der Waals surface area contributed by atoms with Crippen LogP contribution in [-0.4, -0.2) is 36.1 Å². The number of rotatable bonds is 8. The molecule has 1 N–H and O–H groups in total. The Morgan fingerprint density at radius 1 is 1.29 bits per heavy atom. The van der Waals surface area contributed by atoms with Crippen molar-refractivity contribution < 1.29 is 14.8 Å². The van der Waals surface area contributed by atoms with Gasteiger partial charge in [0, 0.05) is 43.0 Å². The summed E-state index contributed by atoms with van der Waals surface area (Å²) in [5.74, 6) is -1.08. The summed E-state index contributed by atoms with van der Waals surface area (Å²) < 4.78 is 0. The van der Waals surface area contributed by atoms with E-state index in [9.17, 15) is 9.90 Å². The third kappa shape index (κ3) is 5.61. The topological polar surface area (TPSA) is 70.4 Å². The molecule has 2 aromatic rings. The van der Waals surface area contributed by atoms with E-state index in [1.807, 2.05) is 24.5 Å². The van der Waals surface area contributed by atoms with Crippen LogP contribution in [0.5, 0.6) is 0 Å². The summed E-state index contributed by atoms with van der Waals surface area (Å²) in [5, 5.41) is 13.3. The van der Waals surface area contributed by atoms with Crippen molar-refractivity contribution in [2.45, 2.75) is 19.3 Å². The number of carbonyl (C=O) groups is 1. The third-order valence-corrected chi connectivity index (χ3v) is 4.24. The summed E-state index contributed by atoms with van der Waals surface area (Å²) >= 11 is 1.52. The highest BCUT2D eigenvalue weighted by Crippen LogP contribution is 2.10. The van der Waals surface area contributed by atoms with Gasteiger partial charge in [0.1, 0.15) is 0 Å². The van der Waals surface area contributed by atoms with Crippen molar-refractivity contribution in [3.05, 3.63) is 46.2 Å². The number of pyridine rings is 1. The Labute approximate surface area is 128 Å². The van der Waals surface area contributed by atoms with Crippen LogP contribution in [0.25, 0.3) is 0 Å². The number of hydrogen-bond donors (Lipinski definition) is 1. The van der Waals surface area contributed by atoms with Crippen LogP contribution in [0.3, 0.4) is 0 Å². The molecule has 1 atom stereocenters. The molecule has 6 heteroatoms. The van der Waals surface area contributed by atoms with E-state index in [-0.39, 0.29) is 6.42 Å². The molecule has 2 rings (SSSR count). The number of hydrogen-bond acceptors (Lipinski definition) is 5. The molecule has 0 saturated heterocycles. The highest BCUT2D eigenvalue weighted by molar-refractivity contribution is 7.09. The zero-order valence-corrected chi connectivity index (χ0v) is 12.9. The van der Waals surface area contributed by atoms with Crippen LogP contribution in [0.1, 0.15) is 16.3 Å². The Bertz CT molecular complexity index is 571. The van der Waals surface area contributed by atoms with Gasteiger partial charge in [-0.05, 0) is 17.7 Å². The average molecular weight is 305 g/mol. The predicted octanol–water partition coefficient (Wildman–Crippen LogP) is -0.870. The fourth-order valence-electron chi connectivity index (χ4n) is 2.05. The first-order valence-corrected chi connectivity index (χ1v) is 7.85. The van der Waals surface area contributed by atoms with Crippen molar-refractivity contribution in [2.75, 3.05) is 20.1 Å². The molecule has 0 fully saturated rings. The number of aliphatic carboxylic acids is 1. The molecule has 0 aliphatic carbocycles. The number of thiazole rings is 1. The molecule has 0 aliphatic heterocycles. The van der Waals surface area contributed by atoms with Crippen LogP contribution in [0.2, 0.25) is 0 Å². The second kappa shape index (κ2) is 7.85. The Kier molecular flexibility index (Phi) is 5.83. The molecule has 0 aliphatic rings. The van der Waals surface area contributed by atoms with Crippen LogP contribution in [0, 0.1) is 0 Å². The van der Waals surface area contributed by atoms with E-state index in [1.54, 1.807) is 5.38 Å². The molecule has 0 bridgehead atoms. The molecule has 0 aromatic carbocycles. The van der Waals surface area contributed by atoms with E-state index < -0.39 is 5.97 Å². The number of carboxylic acids is 1. The number of carboxylic acid groups (broad SMARTS) is 1. The molecule has 21 heavy (non-hydrogen) atoms. The number of aromatic nitrogens is 2. The maximum absolute atomic E-state index is 10.5. The van der Waals surface area contributed by atoms with Gasteiger partial charge in [-0.2, -0.15) is 0 Å². The summed E-state index contributed by atoms with van der Waals surface area (Å²) in [6.45, 7) is 2.05. The molecule has 112 valence electrons. The lowest BCUT2D eigenvalue weighted by Gasteiger charge is -2.13. The number of likely N-dealkylation sites (N-methyl/N-ethyl adjacent to an activating group) is 1. The van der Waals surface area contributed by atoms with Gasteiger partial charge in [0.25, 0.3) is 0 Å². The Hall–Kier alpha value is -1.79. The minimum Gasteiger partial charge on any atom is -0.550 e. The molecule has 2 aromatic heterocycles. The Morgan fingerprint density at radius 2 is 2.00 bits per heavy atom. The normalized spacial score (nSPS) is 12.2. The van der Waals surface area contributed by atoms with Crippen LogP contribution < -0.4 is 10.0 Å². The van der Waals surface area contributed by atoms with Gasteiger partial charge in [0.2, 0.25) is 0 Å². The fraction of sp³-hybridized carbons (Fsp3) is 0.400. The average Bonchev–Trinajstić information content (AvgIpc) is 2.91. The van der Waals surface area contributed by atoms with E-state index in [0.717, 1.165) is 30.9 Å². The second-order valence-electron chi connectivity index (χ2n) is 5.09. The summed E-state index contributed by atoms with van der Waals surface area (Å²) in [6.07, 6.45) is 5.45. The van der Waals surface area contributed by atoms with Crippen molar-refractivity contribution in [2.24, 2.45) is 0 Å². The zero-order chi connectivity index (χ0) is 15.1. The van der Waals surface area contributed by atoms with Crippen LogP contribution in [-0.2, 0) is 24.1 Å². The third-order valence-electron chi connectivity index (χ3n) is 3.28. The van der Waals surface area contributed by atoms with Crippen molar-refractivity contribution >= 4 is 17.3 Å². The lowest BCUT2D eigenvalue weighted by molar-refractivity contribution is -0.879. The van der Waals surface area contributed by atoms with Gasteiger partial charge in [-0.1, -0.05) is 0 Å². The Balaban J connectivity index is 1.72. The maximum atomic E-state index is 10.5. The smallest absolute Gasteiger partial charge is 0.0984 e. The monoisotopic (exact) mass is 305 g/mol. The molecule has 1 unspecified atom stereocenters. The van der Waals surface area contributed by atoms with Crippen molar-refractivity contribution in [3.8, 4) is 0 Å². The van der Waals surface area contributed by atoms with Gasteiger partial charge in [0.15, 0.2) is 0 Å². The molecule has 5 nitrogen and oxygen atoms in total. The highest BCUT2D eigenvalue weighted by atomic mass is 32.1. The number of nitrogens with zero attached hydrogens (tertiary/aromatic N) is 2. The van der Waals surface area contributed by atoms with E-state index in [1.165, 1.54) is 21.8 Å². The second-order valence-corrected chi connectivity index (χ2v) is 6.04. The standard InChI is InChI=1S/C15H19N3O2S/c1-18(8-4-12-2-6-16-7-3-12)9-5-14-17-13(11-21-14)10-15(19)20/h2-3,6-7,11H,4-5,8-10H2,1H3,(H,19,20). The number of quaternary nitrogens is 1. The SMILES string of the molecule is C[NH+](CCc1ccncc1)CCc1nc(CC(=O)[O-])cs1. The lowest BCUT2D eigenvalue weighted by atomic mass is 10.2. The predicted molar refractivity (Wildman–Crippen MR) is 79.1 cm³/mol. The van der Waals surface area contributed by atoms with Gasteiger partial charge in [-0.3, -0.25) is 4.98 Å². The van der Waals surface area contributed by atoms with Crippen molar-refractivity contribution in [3.63, 3.8) is 0 Å². The highest BCUT2D eigenvalue weighted by Gasteiger charge is 2.07. The van der Waals surface area contributed by atoms with Crippen LogP contribution in [0.15, 0.2) is 29.9 Å². The first-order valence-electron chi connectivity index (χ1n) is 6.97. The van der Waals surface area contributed by atoms with E-state index >= 15 is 0 Å². The summed E-state index contributed by atoms with van der Waals surface area (Å²) in [6, 6.07) is 4.08. The fourth-order valence-corrected chi connectivity index (χ4v) is 2.84. The lowest BCUT2D eigenvalue weighted by Crippen LogP contribution is -3.09. The molecule has 0 spiro atoms. The molecule has 0 saturated carbocycles. The van der Waals surface area contributed by atoms with Gasteiger partial charge in [-0.25, -0.2) is 4.98 Å². The largest absolute Gasteiger partial charge is 0.550 e. The van der Waals surface area contributed by atoms with Gasteiger partial charge < -0.3 is 14.8 Å². The van der Waals surface area contributed by atoms with E-state index in [0.29, 0.717) is 5.69 Å². The van der Waals surface area contributed by atoms with Crippen molar-refractivity contribution in [1.29, 1.82) is 0 Å². The quantitative estimate of drug-likeness (QED) is 0.688. The minimum atomic E-state index is -1.08. The van der Waals surface area contributed by atoms with Gasteiger partial charge in [-0.15, -0.1) is 11.3 Å². The Morgan fingerprint density at radius 3 is 2.71 bits per heavy atom. The van der Waals surface area contributed by atoms with Gasteiger partial charge >= 0.3 is 0 Å². The minimum absolute atomic E-state index is 0.0960. The number of nitrogens with one attached hydrogen (secondary N) is 1. The van der Waals surface area contributed by atoms with Crippen molar-refractivity contribution in [1.82, 2.24) is 9.97 Å². The number of carbonyl (C=O) groups excluding carboxylic acids is 1. The van der Waals surface area contributed by atoms with Crippen LogP contribution >= 0.6 is 11.3 Å². The zero-order valence-electron chi connectivity index (χ0n) is 12.0. The maximum Gasteiger partial charge on any atom is 0.0984 e. The molecule has 2 heterocycles. The van der Waals surface area contributed by atoms with Gasteiger partial charge in [0.05, 0.1) is 30.8 Å². The van der Waals surface area contributed by atoms with Crippen LogP contribution in [0.4, 0.5) is 0 Å². The molecular weight excluding hydrogens is 286 g/mol. The molecule has 0 radical (unpaired) electrons. The summed E-state index contributed by atoms with van der Waals surface area (Å²) in [4.78, 5) is 20.3. The molecular formula is C15H19N3O2S. The summed E-state index contributed by atoms with van der Waals surface area (Å²) in [7, 11) is 2.16. The first-order chi connectivity index (χ1) is 10.1. The van der Waals surface area contributed by atoms with E-state index in [2.05, 4.69) is 17.0 Å². The summed E-state index contributed by atoms with van der Waals surface area (Å²) in [5.41, 5.74) is 1.90. The van der Waals surface area contributed by atoms with E-state index in [4.69, 9.17) is 0 Å². The molecule has 0 amide bonds.